The third-order valence-electron chi connectivity index (χ3n) is 9.44. The van der Waals surface area contributed by atoms with Crippen LogP contribution in [0.15, 0.2) is 69.3 Å². The molecule has 2 fully saturated rings. The molecule has 3 aromatic rings. The van der Waals surface area contributed by atoms with E-state index in [0.29, 0.717) is 31.1 Å². The van der Waals surface area contributed by atoms with Crippen molar-refractivity contribution in [3.05, 3.63) is 60.0 Å². The average molecular weight is 804 g/mol. The molecule has 18 heteroatoms. The van der Waals surface area contributed by atoms with Crippen molar-refractivity contribution in [2.75, 3.05) is 51.2 Å². The highest BCUT2D eigenvalue weighted by molar-refractivity contribution is 7.89. The number of piperidine rings is 2. The third-order valence-corrected chi connectivity index (χ3v) is 11.3. The Labute approximate surface area is 327 Å². The molecule has 1 aromatic heterocycles. The fraction of sp³-hybridized carbons (Fsp3) is 0.500. The summed E-state index contributed by atoms with van der Waals surface area (Å²) in [6, 6.07) is 11.4. The highest BCUT2D eigenvalue weighted by Gasteiger charge is 2.29. The Balaban J connectivity index is 0.000000295. The van der Waals surface area contributed by atoms with Crippen LogP contribution >= 0.6 is 0 Å². The Kier molecular flexibility index (Phi) is 17.8. The Morgan fingerprint density at radius 3 is 2.46 bits per heavy atom. The van der Waals surface area contributed by atoms with Crippen LogP contribution in [0.5, 0.6) is 5.75 Å². The van der Waals surface area contributed by atoms with E-state index in [1.54, 1.807) is 11.9 Å². The van der Waals surface area contributed by atoms with Crippen LogP contribution in [0.25, 0.3) is 10.9 Å². The van der Waals surface area contributed by atoms with Crippen LogP contribution in [-0.4, -0.2) is 116 Å². The Morgan fingerprint density at radius 2 is 1.86 bits per heavy atom. The predicted molar refractivity (Wildman–Crippen MR) is 215 cm³/mol. The van der Waals surface area contributed by atoms with Gasteiger partial charge in [0.2, 0.25) is 10.0 Å². The molecule has 2 saturated heterocycles. The molecule has 0 saturated carbocycles. The van der Waals surface area contributed by atoms with E-state index in [2.05, 4.69) is 55.2 Å². The largest absolute Gasteiger partial charge is 0.508 e. The molecule has 4 N–H and O–H groups in total. The van der Waals surface area contributed by atoms with E-state index >= 15 is 0 Å². The summed E-state index contributed by atoms with van der Waals surface area (Å²) in [7, 11) is -0.222. The van der Waals surface area contributed by atoms with Crippen molar-refractivity contribution >= 4 is 51.6 Å². The molecule has 308 valence electrons. The van der Waals surface area contributed by atoms with Gasteiger partial charge in [-0.15, -0.1) is 0 Å². The molecule has 3 heterocycles. The highest BCUT2D eigenvalue weighted by atomic mass is 32.2. The number of aliphatic imine (C=N–C) groups is 2. The van der Waals surface area contributed by atoms with Crippen molar-refractivity contribution in [1.82, 2.24) is 24.3 Å². The van der Waals surface area contributed by atoms with E-state index in [0.717, 1.165) is 49.0 Å². The number of hydrogen-bond donors (Lipinski definition) is 3. The van der Waals surface area contributed by atoms with Crippen LogP contribution in [0, 0.1) is 0 Å². The molecule has 0 unspecified atom stereocenters. The number of benzene rings is 2. The van der Waals surface area contributed by atoms with Gasteiger partial charge in [-0.1, -0.05) is 26.5 Å². The first-order valence-corrected chi connectivity index (χ1v) is 19.7. The first kappa shape index (κ1) is 45.4. The number of likely N-dealkylation sites (tertiary alicyclic amines) is 1. The number of nitrogens with one attached hydrogen (secondary N) is 1. The summed E-state index contributed by atoms with van der Waals surface area (Å²) in [5.41, 5.74) is 7.42. The molecule has 2 amide bonds. The lowest BCUT2D eigenvalue weighted by molar-refractivity contribution is -0.107. The SMILES string of the molecule is C.CCCN1CCC(c2ccc3c(N(CCC=O)C(=O)NC)nn(C)c3c2)CC1.NC=N/C=C(\C=NC1CCN(S(=O)(=O)c2cccc(O)c2)CC1)OC(F)F. The molecule has 2 aromatic carbocycles. The molecule has 0 bridgehead atoms. The number of nitrogens with zero attached hydrogens (tertiary/aromatic N) is 7. The van der Waals surface area contributed by atoms with Crippen LogP contribution in [-0.2, 0) is 26.6 Å². The van der Waals surface area contributed by atoms with Gasteiger partial charge in [-0.2, -0.15) is 18.2 Å². The summed E-state index contributed by atoms with van der Waals surface area (Å²) in [6.45, 7) is 3.46. The van der Waals surface area contributed by atoms with Gasteiger partial charge < -0.3 is 30.6 Å². The predicted octanol–water partition coefficient (Wildman–Crippen LogP) is 5.22. The van der Waals surface area contributed by atoms with Crippen molar-refractivity contribution in [1.29, 1.82) is 0 Å². The number of ether oxygens (including phenoxy) is 1. The van der Waals surface area contributed by atoms with Gasteiger partial charge in [0.1, 0.15) is 12.0 Å². The summed E-state index contributed by atoms with van der Waals surface area (Å²) >= 11 is 0. The van der Waals surface area contributed by atoms with Gasteiger partial charge in [0.15, 0.2) is 11.6 Å². The summed E-state index contributed by atoms with van der Waals surface area (Å²) < 4.78 is 57.3. The molecular weight excluding hydrogens is 749 g/mol. The summed E-state index contributed by atoms with van der Waals surface area (Å²) in [6.07, 6.45) is 8.56. The number of halogens is 2. The zero-order chi connectivity index (χ0) is 40.0. The van der Waals surface area contributed by atoms with Crippen molar-refractivity contribution in [3.8, 4) is 5.75 Å². The van der Waals surface area contributed by atoms with Gasteiger partial charge in [-0.05, 0) is 93.6 Å². The lowest BCUT2D eigenvalue weighted by atomic mass is 9.89. The smallest absolute Gasteiger partial charge is 0.387 e. The fourth-order valence-corrected chi connectivity index (χ4v) is 8.16. The van der Waals surface area contributed by atoms with Crippen LogP contribution in [0.4, 0.5) is 19.4 Å². The number of sulfonamides is 1. The normalized spacial score (nSPS) is 16.5. The molecule has 0 radical (unpaired) electrons. The van der Waals surface area contributed by atoms with E-state index in [9.17, 15) is 31.9 Å². The second-order valence-electron chi connectivity index (χ2n) is 13.1. The van der Waals surface area contributed by atoms with E-state index < -0.39 is 16.6 Å². The number of carbonyl (C=O) groups excluding carboxylic acids is 2. The minimum atomic E-state index is -3.71. The van der Waals surface area contributed by atoms with Crippen LogP contribution in [0.2, 0.25) is 0 Å². The fourth-order valence-electron chi connectivity index (χ4n) is 6.65. The number of alkyl halides is 2. The number of amides is 2. The Hall–Kier alpha value is -4.94. The number of anilines is 1. The first-order chi connectivity index (χ1) is 26.4. The van der Waals surface area contributed by atoms with Crippen LogP contribution < -0.4 is 16.0 Å². The number of phenols is 1. The zero-order valence-corrected chi connectivity index (χ0v) is 32.2. The third kappa shape index (κ3) is 12.3. The summed E-state index contributed by atoms with van der Waals surface area (Å²) in [5.74, 6) is 0.791. The number of aromatic hydroxyl groups is 1. The summed E-state index contributed by atoms with van der Waals surface area (Å²) in [4.78, 5) is 34.9. The number of rotatable bonds is 14. The van der Waals surface area contributed by atoms with Gasteiger partial charge >= 0.3 is 12.6 Å². The lowest BCUT2D eigenvalue weighted by Gasteiger charge is -2.32. The minimum Gasteiger partial charge on any atom is -0.508 e. The minimum absolute atomic E-state index is 0. The van der Waals surface area contributed by atoms with Crippen molar-refractivity contribution < 1.29 is 36.6 Å². The average Bonchev–Trinajstić information content (AvgIpc) is 3.51. The van der Waals surface area contributed by atoms with Crippen molar-refractivity contribution in [3.63, 3.8) is 0 Å². The first-order valence-electron chi connectivity index (χ1n) is 18.2. The molecule has 0 aliphatic carbocycles. The van der Waals surface area contributed by atoms with Gasteiger partial charge in [0.25, 0.3) is 0 Å². The molecule has 0 spiro atoms. The number of carbonyl (C=O) groups is 2. The molecule has 0 atom stereocenters. The Bertz CT molecular complexity index is 1920. The standard InChI is InChI=1S/C21H31N5O2.C16H20F2N4O4S.CH4/c1-4-10-25-12-8-16(9-13-25)17-6-7-18-19(15-17)24(3)23-20(18)26(11-5-14-27)21(28)22-2;17-16(18)26-14(9-20-11-19)10-21-12-4-6-22(7-5-12)27(24,25)15-3-1-2-13(23)8-15;/h6-7,14-16H,4-5,8-13H2,1-3H3,(H,22,28);1-3,8-12,16,23H,4-7H2,(H2,19,20);1H4/b;14-9+,21-10?;. The maximum Gasteiger partial charge on any atom is 0.387 e. The topological polar surface area (TPSA) is 188 Å². The molecular formula is C38H55F2N9O6S. The van der Waals surface area contributed by atoms with Crippen LogP contribution in [0.1, 0.15) is 64.4 Å². The van der Waals surface area contributed by atoms with Crippen molar-refractivity contribution in [2.45, 2.75) is 76.3 Å². The van der Waals surface area contributed by atoms with E-state index in [1.165, 1.54) is 59.9 Å². The number of nitrogens with two attached hydrogens (primary N) is 1. The number of aryl methyl sites for hydroxylation is 1. The summed E-state index contributed by atoms with van der Waals surface area (Å²) in [5, 5.41) is 17.6. The van der Waals surface area contributed by atoms with Gasteiger partial charge in [0, 0.05) is 45.5 Å². The zero-order valence-electron chi connectivity index (χ0n) is 31.4. The van der Waals surface area contributed by atoms with Gasteiger partial charge in [-0.3, -0.25) is 14.6 Å². The monoisotopic (exact) mass is 803 g/mol. The number of aldehydes is 1. The van der Waals surface area contributed by atoms with Gasteiger partial charge in [0.05, 0.1) is 35.2 Å². The number of hydrogen-bond acceptors (Lipinski definition) is 10. The number of urea groups is 1. The maximum absolute atomic E-state index is 12.6. The molecule has 15 nitrogen and oxygen atoms in total. The van der Waals surface area contributed by atoms with E-state index in [-0.39, 0.29) is 55.4 Å². The second kappa shape index (κ2) is 22.0. The molecule has 56 heavy (non-hydrogen) atoms. The van der Waals surface area contributed by atoms with Crippen molar-refractivity contribution in [2.24, 2.45) is 22.8 Å². The quantitative estimate of drug-likeness (QED) is 0.0850. The molecule has 2 aliphatic heterocycles. The number of aromatic nitrogens is 2. The molecule has 5 rings (SSSR count). The number of allylic oxidation sites excluding steroid dienone is 1. The van der Waals surface area contributed by atoms with Crippen LogP contribution in [0.3, 0.4) is 0 Å². The Morgan fingerprint density at radius 1 is 1.14 bits per heavy atom. The molecule has 2 aliphatic rings. The highest BCUT2D eigenvalue weighted by Crippen LogP contribution is 2.33. The van der Waals surface area contributed by atoms with E-state index in [1.807, 2.05) is 11.7 Å². The number of fused-ring (bicyclic) bond motifs is 1. The number of phenolic OH excluding ortho intramolecular Hbond substituents is 1. The van der Waals surface area contributed by atoms with Gasteiger partial charge in [-0.25, -0.2) is 18.2 Å². The second-order valence-corrected chi connectivity index (χ2v) is 15.1. The van der Waals surface area contributed by atoms with E-state index in [4.69, 9.17) is 5.73 Å². The maximum atomic E-state index is 12.6. The lowest BCUT2D eigenvalue weighted by Crippen LogP contribution is -2.39.